The van der Waals surface area contributed by atoms with E-state index in [0.717, 1.165) is 7.57 Å². The summed E-state index contributed by atoms with van der Waals surface area (Å²) in [5, 5.41) is 7.45. The monoisotopic (exact) mass is 349 g/mol. The number of halogens is 2. The average Bonchev–Trinajstić information content (AvgIpc) is 2.71. The molecule has 0 aliphatic carbocycles. The van der Waals surface area contributed by atoms with Crippen molar-refractivity contribution in [1.82, 2.24) is 14.8 Å². The third-order valence-electron chi connectivity index (χ3n) is 1.82. The molecule has 0 fully saturated rings. The second-order valence-corrected chi connectivity index (χ2v) is 6.58. The molecule has 0 N–H and O–H groups in total. The van der Waals surface area contributed by atoms with E-state index >= 15 is 0 Å². The lowest BCUT2D eigenvalue weighted by atomic mass is 10.2. The molecule has 0 saturated heterocycles. The summed E-state index contributed by atoms with van der Waals surface area (Å²) in [4.78, 5) is 12.0. The number of hydrogen-bond acceptors (Lipinski definition) is 4. The van der Waals surface area contributed by atoms with Crippen LogP contribution in [0.4, 0.5) is 0 Å². The molecule has 0 aliphatic heterocycles. The Labute approximate surface area is 107 Å². The van der Waals surface area contributed by atoms with E-state index in [2.05, 4.69) is 42.1 Å². The van der Waals surface area contributed by atoms with Crippen LogP contribution in [0.5, 0.6) is 0 Å². The number of carbonyl (C=O) groups excluding carboxylic acids is 1. The molecule has 0 unspecified atom stereocenters. The maximum Gasteiger partial charge on any atom is 0.232 e. The van der Waals surface area contributed by atoms with Crippen LogP contribution < -0.4 is 0 Å². The molecule has 0 atom stereocenters. The second kappa shape index (κ2) is 4.15. The predicted molar refractivity (Wildman–Crippen MR) is 64.2 cm³/mol. The molecular weight excluding hydrogens is 346 g/mol. The highest BCUT2D eigenvalue weighted by Crippen LogP contribution is 2.32. The Bertz CT molecular complexity index is 520. The van der Waals surface area contributed by atoms with Gasteiger partial charge in [0.2, 0.25) is 11.6 Å². The third-order valence-corrected chi connectivity index (χ3v) is 4.16. The molecule has 2 heterocycles. The first-order chi connectivity index (χ1) is 7.09. The summed E-state index contributed by atoms with van der Waals surface area (Å²) in [6.45, 7) is 0. The van der Waals surface area contributed by atoms with E-state index in [4.69, 9.17) is 0 Å². The molecule has 0 aromatic carbocycles. The molecule has 4 nitrogen and oxygen atoms in total. The maximum absolute atomic E-state index is 12.0. The zero-order valence-electron chi connectivity index (χ0n) is 7.57. The molecule has 0 radical (unpaired) electrons. The summed E-state index contributed by atoms with van der Waals surface area (Å²) in [5.74, 6) is 0.199. The number of thiophene rings is 1. The SMILES string of the molecule is Cn1cnnc1C(=O)c1cc(Br)sc1Br. The Morgan fingerprint density at radius 1 is 1.53 bits per heavy atom. The van der Waals surface area contributed by atoms with Gasteiger partial charge in [-0.2, -0.15) is 0 Å². The smallest absolute Gasteiger partial charge is 0.232 e. The molecule has 0 saturated carbocycles. The summed E-state index contributed by atoms with van der Waals surface area (Å²) in [5.41, 5.74) is 0.600. The molecule has 0 bridgehead atoms. The van der Waals surface area contributed by atoms with Crippen molar-refractivity contribution in [2.24, 2.45) is 7.05 Å². The lowest BCUT2D eigenvalue weighted by molar-refractivity contribution is 0.102. The van der Waals surface area contributed by atoms with Crippen LogP contribution in [0.15, 0.2) is 20.0 Å². The van der Waals surface area contributed by atoms with Crippen LogP contribution in [0, 0.1) is 0 Å². The zero-order chi connectivity index (χ0) is 11.0. The minimum absolute atomic E-state index is 0.135. The lowest BCUT2D eigenvalue weighted by Gasteiger charge is -1.97. The number of rotatable bonds is 2. The van der Waals surface area contributed by atoms with Gasteiger partial charge in [0.25, 0.3) is 0 Å². The summed E-state index contributed by atoms with van der Waals surface area (Å²) < 4.78 is 3.29. The fraction of sp³-hybridized carbons (Fsp3) is 0.125. The summed E-state index contributed by atoms with van der Waals surface area (Å²) in [6, 6.07) is 1.77. The molecule has 0 amide bonds. The van der Waals surface area contributed by atoms with Gasteiger partial charge in [-0.25, -0.2) is 0 Å². The zero-order valence-corrected chi connectivity index (χ0v) is 11.6. The van der Waals surface area contributed by atoms with Crippen molar-refractivity contribution in [3.8, 4) is 0 Å². The Kier molecular flexibility index (Phi) is 3.03. The molecule has 2 aromatic heterocycles. The van der Waals surface area contributed by atoms with Gasteiger partial charge in [-0.3, -0.25) is 4.79 Å². The minimum atomic E-state index is -0.135. The number of nitrogens with zero attached hydrogens (tertiary/aromatic N) is 3. The van der Waals surface area contributed by atoms with E-state index in [1.54, 1.807) is 17.7 Å². The van der Waals surface area contributed by atoms with Gasteiger partial charge in [-0.15, -0.1) is 21.5 Å². The topological polar surface area (TPSA) is 47.8 Å². The first-order valence-electron chi connectivity index (χ1n) is 3.93. The first-order valence-corrected chi connectivity index (χ1v) is 6.33. The molecule has 0 aliphatic rings. The molecule has 2 rings (SSSR count). The molecule has 2 aromatic rings. The van der Waals surface area contributed by atoms with Gasteiger partial charge in [-0.1, -0.05) is 0 Å². The summed E-state index contributed by atoms with van der Waals surface area (Å²) >= 11 is 8.12. The number of aromatic nitrogens is 3. The van der Waals surface area contributed by atoms with Crippen molar-refractivity contribution in [2.45, 2.75) is 0 Å². The Balaban J connectivity index is 2.45. The van der Waals surface area contributed by atoms with Crippen molar-refractivity contribution >= 4 is 49.0 Å². The highest BCUT2D eigenvalue weighted by atomic mass is 79.9. The van der Waals surface area contributed by atoms with Gasteiger partial charge in [0.1, 0.15) is 6.33 Å². The normalized spacial score (nSPS) is 10.6. The second-order valence-electron chi connectivity index (χ2n) is 2.83. The van der Waals surface area contributed by atoms with Crippen LogP contribution in [0.25, 0.3) is 0 Å². The van der Waals surface area contributed by atoms with Crippen molar-refractivity contribution < 1.29 is 4.79 Å². The quantitative estimate of drug-likeness (QED) is 0.782. The number of carbonyl (C=O) groups is 1. The van der Waals surface area contributed by atoms with Gasteiger partial charge < -0.3 is 4.57 Å². The highest BCUT2D eigenvalue weighted by Gasteiger charge is 2.19. The van der Waals surface area contributed by atoms with Crippen molar-refractivity contribution in [2.75, 3.05) is 0 Å². The van der Waals surface area contributed by atoms with Gasteiger partial charge >= 0.3 is 0 Å². The average molecular weight is 351 g/mol. The third kappa shape index (κ3) is 2.04. The lowest BCUT2D eigenvalue weighted by Crippen LogP contribution is -2.08. The number of hydrogen-bond donors (Lipinski definition) is 0. The van der Waals surface area contributed by atoms with Crippen LogP contribution >= 0.6 is 43.2 Å². The maximum atomic E-state index is 12.0. The van der Waals surface area contributed by atoms with Crippen molar-refractivity contribution in [3.63, 3.8) is 0 Å². The van der Waals surface area contributed by atoms with Crippen molar-refractivity contribution in [1.29, 1.82) is 0 Å². The molecule has 15 heavy (non-hydrogen) atoms. The summed E-state index contributed by atoms with van der Waals surface area (Å²) in [6.07, 6.45) is 1.50. The Morgan fingerprint density at radius 2 is 2.27 bits per heavy atom. The van der Waals surface area contributed by atoms with Gasteiger partial charge in [0.05, 0.1) is 13.1 Å². The predicted octanol–water partition coefficient (Wildman–Crippen LogP) is 2.63. The molecular formula is C8H5Br2N3OS. The molecule has 7 heteroatoms. The minimum Gasteiger partial charge on any atom is -0.314 e. The van der Waals surface area contributed by atoms with E-state index in [1.807, 2.05) is 0 Å². The van der Waals surface area contributed by atoms with E-state index in [-0.39, 0.29) is 5.78 Å². The largest absolute Gasteiger partial charge is 0.314 e. The van der Waals surface area contributed by atoms with E-state index in [0.29, 0.717) is 11.4 Å². The fourth-order valence-electron chi connectivity index (χ4n) is 1.10. The van der Waals surface area contributed by atoms with Crippen LogP contribution in [0.3, 0.4) is 0 Å². The summed E-state index contributed by atoms with van der Waals surface area (Å²) in [7, 11) is 1.74. The van der Waals surface area contributed by atoms with Crippen LogP contribution in [-0.4, -0.2) is 20.5 Å². The molecule has 78 valence electrons. The van der Waals surface area contributed by atoms with Crippen LogP contribution in [-0.2, 0) is 7.05 Å². The van der Waals surface area contributed by atoms with Crippen LogP contribution in [0.1, 0.15) is 16.2 Å². The fourth-order valence-corrected chi connectivity index (χ4v) is 3.90. The van der Waals surface area contributed by atoms with Crippen molar-refractivity contribution in [3.05, 3.63) is 31.4 Å². The van der Waals surface area contributed by atoms with E-state index < -0.39 is 0 Å². The Hall–Kier alpha value is -0.530. The van der Waals surface area contributed by atoms with Crippen LogP contribution in [0.2, 0.25) is 0 Å². The van der Waals surface area contributed by atoms with E-state index in [9.17, 15) is 4.79 Å². The standard InChI is InChI=1S/C8H5Br2N3OS/c1-13-3-11-12-8(13)6(14)4-2-5(9)15-7(4)10/h2-3H,1H3. The first kappa shape index (κ1) is 11.0. The van der Waals surface area contributed by atoms with Gasteiger partial charge in [0.15, 0.2) is 0 Å². The number of ketones is 1. The molecule has 0 spiro atoms. The van der Waals surface area contributed by atoms with Gasteiger partial charge in [0, 0.05) is 7.05 Å². The van der Waals surface area contributed by atoms with E-state index in [1.165, 1.54) is 17.7 Å². The Morgan fingerprint density at radius 3 is 2.73 bits per heavy atom. The van der Waals surface area contributed by atoms with Gasteiger partial charge in [-0.05, 0) is 37.9 Å². The highest BCUT2D eigenvalue weighted by molar-refractivity contribution is 9.12. The number of aryl methyl sites for hydroxylation is 1.